The molecule has 110 valence electrons. The third-order valence-electron chi connectivity index (χ3n) is 3.25. The maximum atomic E-state index is 12.5. The standard InChI is InChI=1S/C17H14ClN3O/c1-12-16(11-19-14-9-7-13(18)8-10-14)17(22)21(20-12)15-5-3-2-4-6-15/h2-11,19-20H,1H2/b16-11-. The number of anilines is 1. The van der Waals surface area contributed by atoms with E-state index >= 15 is 0 Å². The Morgan fingerprint density at radius 2 is 1.77 bits per heavy atom. The van der Waals surface area contributed by atoms with Gasteiger partial charge in [0, 0.05) is 16.9 Å². The van der Waals surface area contributed by atoms with Crippen molar-refractivity contribution >= 4 is 30.1 Å². The lowest BCUT2D eigenvalue weighted by molar-refractivity contribution is 0.838. The second-order valence-electron chi connectivity index (χ2n) is 4.78. The summed E-state index contributed by atoms with van der Waals surface area (Å²) in [5.74, 6) is 0. The van der Waals surface area contributed by atoms with Crippen LogP contribution < -0.4 is 21.4 Å². The fraction of sp³-hybridized carbons (Fsp3) is 0. The number of aromatic nitrogens is 2. The van der Waals surface area contributed by atoms with Crippen LogP contribution in [0.4, 0.5) is 5.69 Å². The molecule has 0 unspecified atom stereocenters. The molecule has 0 radical (unpaired) electrons. The van der Waals surface area contributed by atoms with Gasteiger partial charge in [-0.1, -0.05) is 36.4 Å². The minimum atomic E-state index is -0.155. The van der Waals surface area contributed by atoms with Gasteiger partial charge in [-0.2, -0.15) is 0 Å². The van der Waals surface area contributed by atoms with E-state index in [2.05, 4.69) is 17.0 Å². The number of hydrogen-bond donors (Lipinski definition) is 2. The van der Waals surface area contributed by atoms with Gasteiger partial charge in [0.05, 0.1) is 16.3 Å². The van der Waals surface area contributed by atoms with Crippen LogP contribution in [0.3, 0.4) is 0 Å². The van der Waals surface area contributed by atoms with Gasteiger partial charge in [-0.25, -0.2) is 4.68 Å². The van der Waals surface area contributed by atoms with Crippen LogP contribution in [-0.4, -0.2) is 9.78 Å². The molecule has 0 aliphatic carbocycles. The third kappa shape index (κ3) is 2.82. The second kappa shape index (κ2) is 5.95. The summed E-state index contributed by atoms with van der Waals surface area (Å²) in [4.78, 5) is 12.5. The molecule has 4 nitrogen and oxygen atoms in total. The van der Waals surface area contributed by atoms with Crippen LogP contribution in [0, 0.1) is 0 Å². The summed E-state index contributed by atoms with van der Waals surface area (Å²) < 4.78 is 1.47. The number of nitrogens with one attached hydrogen (secondary N) is 2. The SMILES string of the molecule is C=c1[nH]n(-c2ccccc2)c(=O)/c1=C\Nc1ccc(Cl)cc1. The molecule has 3 aromatic rings. The summed E-state index contributed by atoms with van der Waals surface area (Å²) in [6.45, 7) is 3.89. The smallest absolute Gasteiger partial charge is 0.280 e. The Labute approximate surface area is 132 Å². The summed E-state index contributed by atoms with van der Waals surface area (Å²) in [6, 6.07) is 16.6. The Kier molecular flexibility index (Phi) is 3.85. The monoisotopic (exact) mass is 311 g/mol. The minimum Gasteiger partial charge on any atom is -0.361 e. The van der Waals surface area contributed by atoms with Gasteiger partial charge < -0.3 is 5.32 Å². The van der Waals surface area contributed by atoms with Crippen LogP contribution >= 0.6 is 11.6 Å². The highest BCUT2D eigenvalue weighted by atomic mass is 35.5. The first-order valence-electron chi connectivity index (χ1n) is 6.73. The molecule has 0 aliphatic rings. The van der Waals surface area contributed by atoms with Gasteiger partial charge in [0.2, 0.25) is 0 Å². The first kappa shape index (κ1) is 14.2. The third-order valence-corrected chi connectivity index (χ3v) is 3.50. The molecule has 0 aliphatic heterocycles. The topological polar surface area (TPSA) is 49.8 Å². The molecule has 0 spiro atoms. The maximum Gasteiger partial charge on any atom is 0.280 e. The van der Waals surface area contributed by atoms with Crippen LogP contribution in [0.5, 0.6) is 0 Å². The van der Waals surface area contributed by atoms with Crippen molar-refractivity contribution in [2.24, 2.45) is 0 Å². The van der Waals surface area contributed by atoms with Crippen molar-refractivity contribution in [2.75, 3.05) is 5.32 Å². The van der Waals surface area contributed by atoms with Crippen molar-refractivity contribution in [2.45, 2.75) is 0 Å². The Morgan fingerprint density at radius 1 is 1.09 bits per heavy atom. The van der Waals surface area contributed by atoms with E-state index in [4.69, 9.17) is 11.6 Å². The van der Waals surface area contributed by atoms with Gasteiger partial charge >= 0.3 is 0 Å². The van der Waals surface area contributed by atoms with Crippen LogP contribution in [0.2, 0.25) is 5.02 Å². The molecule has 0 fully saturated rings. The molecular weight excluding hydrogens is 298 g/mol. The molecule has 2 N–H and O–H groups in total. The summed E-state index contributed by atoms with van der Waals surface area (Å²) in [5.41, 5.74) is 1.46. The summed E-state index contributed by atoms with van der Waals surface area (Å²) in [7, 11) is 0. The van der Waals surface area contributed by atoms with E-state index in [0.717, 1.165) is 11.4 Å². The second-order valence-corrected chi connectivity index (χ2v) is 5.21. The van der Waals surface area contributed by atoms with E-state index in [9.17, 15) is 4.79 Å². The van der Waals surface area contributed by atoms with Crippen molar-refractivity contribution in [1.29, 1.82) is 0 Å². The lowest BCUT2D eigenvalue weighted by Gasteiger charge is -1.99. The Bertz CT molecular complexity index is 940. The number of nitrogens with zero attached hydrogens (tertiary/aromatic N) is 1. The Hall–Kier alpha value is -2.72. The molecule has 0 bridgehead atoms. The van der Waals surface area contributed by atoms with Crippen molar-refractivity contribution < 1.29 is 0 Å². The summed E-state index contributed by atoms with van der Waals surface area (Å²) in [6.07, 6.45) is 1.64. The molecule has 3 rings (SSSR count). The highest BCUT2D eigenvalue weighted by molar-refractivity contribution is 6.30. The lowest BCUT2D eigenvalue weighted by atomic mass is 10.3. The van der Waals surface area contributed by atoms with E-state index in [1.165, 1.54) is 4.68 Å². The number of hydrogen-bond acceptors (Lipinski definition) is 2. The highest BCUT2D eigenvalue weighted by Crippen LogP contribution is 2.12. The molecular formula is C17H14ClN3O. The zero-order valence-electron chi connectivity index (χ0n) is 11.7. The van der Waals surface area contributed by atoms with E-state index < -0.39 is 0 Å². The van der Waals surface area contributed by atoms with Crippen molar-refractivity contribution in [3.63, 3.8) is 0 Å². The highest BCUT2D eigenvalue weighted by Gasteiger charge is 2.03. The minimum absolute atomic E-state index is 0.155. The summed E-state index contributed by atoms with van der Waals surface area (Å²) >= 11 is 5.84. The normalized spacial score (nSPS) is 11.6. The fourth-order valence-electron chi connectivity index (χ4n) is 2.10. The zero-order valence-corrected chi connectivity index (χ0v) is 12.5. The number of halogens is 1. The molecule has 0 amide bonds. The largest absolute Gasteiger partial charge is 0.361 e. The van der Waals surface area contributed by atoms with Crippen LogP contribution in [0.25, 0.3) is 18.5 Å². The first-order valence-corrected chi connectivity index (χ1v) is 7.10. The lowest BCUT2D eigenvalue weighted by Crippen LogP contribution is -2.34. The molecule has 1 heterocycles. The van der Waals surface area contributed by atoms with Gasteiger partial charge in [-0.3, -0.25) is 9.89 Å². The van der Waals surface area contributed by atoms with Gasteiger partial charge in [-0.05, 0) is 36.4 Å². The fourth-order valence-corrected chi connectivity index (χ4v) is 2.23. The number of benzene rings is 2. The van der Waals surface area contributed by atoms with Gasteiger partial charge in [0.1, 0.15) is 0 Å². The predicted molar refractivity (Wildman–Crippen MR) is 90.7 cm³/mol. The molecule has 22 heavy (non-hydrogen) atoms. The van der Waals surface area contributed by atoms with Crippen LogP contribution in [0.1, 0.15) is 0 Å². The molecule has 0 atom stereocenters. The molecule has 2 aromatic carbocycles. The van der Waals surface area contributed by atoms with Crippen LogP contribution in [-0.2, 0) is 0 Å². The molecule has 0 saturated heterocycles. The first-order chi connectivity index (χ1) is 10.6. The van der Waals surface area contributed by atoms with Crippen LogP contribution in [0.15, 0.2) is 59.4 Å². The van der Waals surface area contributed by atoms with E-state index in [0.29, 0.717) is 15.6 Å². The van der Waals surface area contributed by atoms with Gasteiger partial charge in [-0.15, -0.1) is 0 Å². The predicted octanol–water partition coefficient (Wildman–Crippen LogP) is 2.08. The van der Waals surface area contributed by atoms with E-state index in [-0.39, 0.29) is 5.56 Å². The van der Waals surface area contributed by atoms with E-state index in [1.807, 2.05) is 42.5 Å². The number of H-pyrrole nitrogens is 1. The van der Waals surface area contributed by atoms with E-state index in [1.54, 1.807) is 18.3 Å². The molecule has 1 aromatic heterocycles. The number of aromatic amines is 1. The maximum absolute atomic E-state index is 12.5. The van der Waals surface area contributed by atoms with Crippen molar-refractivity contribution in [3.8, 4) is 5.69 Å². The van der Waals surface area contributed by atoms with Crippen molar-refractivity contribution in [1.82, 2.24) is 9.78 Å². The quantitative estimate of drug-likeness (QED) is 0.778. The molecule has 0 saturated carbocycles. The molecule has 5 heteroatoms. The average Bonchev–Trinajstić information content (AvgIpc) is 2.82. The Morgan fingerprint density at radius 3 is 2.45 bits per heavy atom. The van der Waals surface area contributed by atoms with Gasteiger partial charge in [0.25, 0.3) is 5.56 Å². The van der Waals surface area contributed by atoms with Gasteiger partial charge in [0.15, 0.2) is 0 Å². The van der Waals surface area contributed by atoms with Crippen molar-refractivity contribution in [3.05, 3.63) is 80.5 Å². The summed E-state index contributed by atoms with van der Waals surface area (Å²) in [5, 5.41) is 7.75. The average molecular weight is 312 g/mol. The Balaban J connectivity index is 2.00. The zero-order chi connectivity index (χ0) is 15.5. The number of rotatable bonds is 3. The number of para-hydroxylation sites is 1.